The molecular weight excluding hydrogens is 526 g/mol. The number of rotatable bonds is 7. The van der Waals surface area contributed by atoms with Gasteiger partial charge in [-0.2, -0.15) is 18.3 Å². The molecule has 4 rings (SSSR count). The summed E-state index contributed by atoms with van der Waals surface area (Å²) >= 11 is 6.10. The van der Waals surface area contributed by atoms with Crippen molar-refractivity contribution in [2.75, 3.05) is 5.32 Å². The lowest BCUT2D eigenvalue weighted by Gasteiger charge is -2.31. The van der Waals surface area contributed by atoms with E-state index in [2.05, 4.69) is 20.7 Å². The monoisotopic (exact) mass is 555 g/mol. The fourth-order valence-electron chi connectivity index (χ4n) is 4.88. The Morgan fingerprint density at radius 2 is 1.95 bits per heavy atom. The molecule has 3 aromatic rings. The van der Waals surface area contributed by atoms with Gasteiger partial charge in [0.05, 0.1) is 35.1 Å². The van der Waals surface area contributed by atoms with Crippen LogP contribution >= 0.6 is 11.6 Å². The maximum atomic E-state index is 14.5. The Morgan fingerprint density at radius 1 is 1.24 bits per heavy atom. The molecule has 38 heavy (non-hydrogen) atoms. The largest absolute Gasteiger partial charge is 0.433 e. The summed E-state index contributed by atoms with van der Waals surface area (Å²) in [6, 6.07) is 4.98. The molecule has 0 spiro atoms. The number of pyridine rings is 1. The van der Waals surface area contributed by atoms with E-state index in [1.165, 1.54) is 29.9 Å². The van der Waals surface area contributed by atoms with Crippen molar-refractivity contribution in [3.63, 3.8) is 0 Å². The molecule has 0 saturated heterocycles. The van der Waals surface area contributed by atoms with Crippen molar-refractivity contribution in [2.24, 2.45) is 0 Å². The topological polar surface area (TPSA) is 92.1 Å². The van der Waals surface area contributed by atoms with Crippen molar-refractivity contribution >= 4 is 34.1 Å². The maximum Gasteiger partial charge on any atom is 0.433 e. The number of nitrogens with one attached hydrogen (secondary N) is 2. The smallest absolute Gasteiger partial charge is 0.389 e. The molecule has 1 amide bonds. The zero-order valence-electron chi connectivity index (χ0n) is 21.2. The molecule has 1 aromatic carbocycles. The summed E-state index contributed by atoms with van der Waals surface area (Å²) in [4.78, 5) is 16.8. The minimum absolute atomic E-state index is 0.0170. The molecule has 1 saturated carbocycles. The number of alkyl halides is 4. The third-order valence-electron chi connectivity index (χ3n) is 6.47. The van der Waals surface area contributed by atoms with E-state index in [9.17, 15) is 27.5 Å². The number of benzene rings is 1. The molecule has 0 aliphatic heterocycles. The van der Waals surface area contributed by atoms with Gasteiger partial charge in [0.15, 0.2) is 0 Å². The lowest BCUT2D eigenvalue weighted by atomic mass is 9.90. The third kappa shape index (κ3) is 6.55. The molecule has 2 aromatic heterocycles. The first kappa shape index (κ1) is 28.1. The Morgan fingerprint density at radius 3 is 2.61 bits per heavy atom. The number of halogens is 5. The average Bonchev–Trinajstić information content (AvgIpc) is 3.21. The predicted octanol–water partition coefficient (Wildman–Crippen LogP) is 6.06. The number of anilines is 1. The number of hydrogen-bond acceptors (Lipinski definition) is 5. The van der Waals surface area contributed by atoms with Crippen LogP contribution in [-0.4, -0.2) is 43.5 Å². The van der Waals surface area contributed by atoms with Crippen LogP contribution in [0.5, 0.6) is 0 Å². The Bertz CT molecular complexity index is 1320. The van der Waals surface area contributed by atoms with Gasteiger partial charge in [0.2, 0.25) is 0 Å². The molecule has 3 unspecified atom stereocenters. The quantitative estimate of drug-likeness (QED) is 0.308. The fourth-order valence-corrected chi connectivity index (χ4v) is 5.05. The van der Waals surface area contributed by atoms with E-state index >= 15 is 0 Å². The summed E-state index contributed by atoms with van der Waals surface area (Å²) in [6.45, 7) is 4.45. The summed E-state index contributed by atoms with van der Waals surface area (Å²) in [5.74, 6) is -0.488. The maximum absolute atomic E-state index is 14.5. The summed E-state index contributed by atoms with van der Waals surface area (Å²) in [5.41, 5.74) is -1.56. The van der Waals surface area contributed by atoms with Gasteiger partial charge in [-0.15, -0.1) is 0 Å². The lowest BCUT2D eigenvalue weighted by molar-refractivity contribution is -0.140. The third-order valence-corrected chi connectivity index (χ3v) is 6.70. The van der Waals surface area contributed by atoms with Crippen LogP contribution in [-0.2, 0) is 12.7 Å². The number of nitrogens with zero attached hydrogens (tertiary/aromatic N) is 3. The molecule has 1 aliphatic carbocycles. The zero-order valence-corrected chi connectivity index (χ0v) is 22.0. The van der Waals surface area contributed by atoms with Gasteiger partial charge in [-0.3, -0.25) is 9.48 Å². The molecule has 206 valence electrons. The van der Waals surface area contributed by atoms with Gasteiger partial charge in [0.25, 0.3) is 5.91 Å². The van der Waals surface area contributed by atoms with Gasteiger partial charge in [0, 0.05) is 28.2 Å². The van der Waals surface area contributed by atoms with E-state index in [-0.39, 0.29) is 41.1 Å². The zero-order chi connectivity index (χ0) is 27.8. The minimum Gasteiger partial charge on any atom is -0.389 e. The molecule has 3 atom stereocenters. The van der Waals surface area contributed by atoms with Crippen LogP contribution in [0.15, 0.2) is 30.5 Å². The van der Waals surface area contributed by atoms with Gasteiger partial charge in [-0.25, -0.2) is 9.37 Å². The Labute approximate surface area is 222 Å². The minimum atomic E-state index is -4.62. The van der Waals surface area contributed by atoms with Crippen LogP contribution in [0.3, 0.4) is 0 Å². The number of carbonyl (C=O) groups excluding carboxylic acids is 1. The van der Waals surface area contributed by atoms with E-state index in [4.69, 9.17) is 11.6 Å². The number of amides is 1. The molecule has 7 nitrogen and oxygen atoms in total. The highest BCUT2D eigenvalue weighted by Gasteiger charge is 2.34. The number of aromatic nitrogens is 3. The molecular formula is C26H30ClF4N5O2. The first-order valence-electron chi connectivity index (χ1n) is 12.4. The van der Waals surface area contributed by atoms with E-state index in [1.54, 1.807) is 19.9 Å². The molecule has 1 fully saturated rings. The van der Waals surface area contributed by atoms with Gasteiger partial charge in [-0.05, 0) is 70.7 Å². The van der Waals surface area contributed by atoms with Crippen LogP contribution in [0.4, 0.5) is 23.2 Å². The second kappa shape index (κ2) is 10.7. The van der Waals surface area contributed by atoms with Gasteiger partial charge < -0.3 is 15.7 Å². The van der Waals surface area contributed by atoms with Gasteiger partial charge in [-0.1, -0.05) is 11.6 Å². The second-order valence-electron chi connectivity index (χ2n) is 10.4. The first-order valence-corrected chi connectivity index (χ1v) is 12.8. The van der Waals surface area contributed by atoms with Crippen molar-refractivity contribution in [3.8, 4) is 0 Å². The van der Waals surface area contributed by atoms with Crippen molar-refractivity contribution in [2.45, 2.75) is 83.0 Å². The van der Waals surface area contributed by atoms with Crippen LogP contribution in [0, 0.1) is 0 Å². The molecule has 0 bridgehead atoms. The molecule has 2 heterocycles. The van der Waals surface area contributed by atoms with Crippen molar-refractivity contribution < 1.29 is 27.5 Å². The highest BCUT2D eigenvalue weighted by atomic mass is 35.5. The standard InChI is InChI=1S/C26H30ClF4N5O2/c1-14(28)23-19(12-32-36(23)13-25(2,3)38)24(37)34-17-6-4-5-16(10-17)33-21-11-22(26(29,30)31)35-20-8-7-15(27)9-18(20)21/h7-9,11-12,14,16-17,38H,4-6,10,13H2,1-3H3,(H,33,35)(H,34,37). The first-order chi connectivity index (χ1) is 17.7. The molecule has 1 aliphatic rings. The van der Waals surface area contributed by atoms with Crippen LogP contribution in [0.1, 0.15) is 74.4 Å². The summed E-state index contributed by atoms with van der Waals surface area (Å²) in [5, 5.41) is 21.2. The van der Waals surface area contributed by atoms with Crippen LogP contribution in [0.25, 0.3) is 10.9 Å². The normalized spacial score (nSPS) is 19.4. The highest BCUT2D eigenvalue weighted by Crippen LogP contribution is 2.35. The lowest BCUT2D eigenvalue weighted by Crippen LogP contribution is -2.42. The van der Waals surface area contributed by atoms with Crippen LogP contribution in [0.2, 0.25) is 5.02 Å². The SMILES string of the molecule is CC(F)c1c(C(=O)NC2CCCC(Nc3cc(C(F)(F)F)nc4ccc(Cl)cc34)C2)cnn1CC(C)(C)O. The second-order valence-corrected chi connectivity index (χ2v) is 10.9. The van der Waals surface area contributed by atoms with Gasteiger partial charge in [0.1, 0.15) is 11.9 Å². The van der Waals surface area contributed by atoms with Crippen molar-refractivity contribution in [3.05, 3.63) is 52.4 Å². The van der Waals surface area contributed by atoms with Crippen LogP contribution < -0.4 is 10.6 Å². The van der Waals surface area contributed by atoms with E-state index in [0.717, 1.165) is 12.5 Å². The average molecular weight is 556 g/mol. The Kier molecular flexibility index (Phi) is 7.90. The number of aliphatic hydroxyl groups is 1. The number of carbonyl (C=O) groups is 1. The van der Waals surface area contributed by atoms with E-state index in [1.807, 2.05) is 0 Å². The Hall–Kier alpha value is -2.92. The van der Waals surface area contributed by atoms with Crippen molar-refractivity contribution in [1.82, 2.24) is 20.1 Å². The Balaban J connectivity index is 1.52. The number of hydrogen-bond donors (Lipinski definition) is 3. The summed E-state index contributed by atoms with van der Waals surface area (Å²) in [6.07, 6.45) is -2.28. The summed E-state index contributed by atoms with van der Waals surface area (Å²) in [7, 11) is 0. The fraction of sp³-hybridized carbons (Fsp3) is 0.500. The predicted molar refractivity (Wildman–Crippen MR) is 137 cm³/mol. The van der Waals surface area contributed by atoms with E-state index < -0.39 is 29.6 Å². The molecule has 12 heteroatoms. The van der Waals surface area contributed by atoms with E-state index in [0.29, 0.717) is 29.7 Å². The van der Waals surface area contributed by atoms with Crippen molar-refractivity contribution in [1.29, 1.82) is 0 Å². The highest BCUT2D eigenvalue weighted by molar-refractivity contribution is 6.31. The van der Waals surface area contributed by atoms with Gasteiger partial charge >= 0.3 is 6.18 Å². The summed E-state index contributed by atoms with van der Waals surface area (Å²) < 4.78 is 56.2. The molecule has 0 radical (unpaired) electrons. The molecule has 3 N–H and O–H groups in total. The number of fused-ring (bicyclic) bond motifs is 1.